The number of aromatic amines is 1. The summed E-state index contributed by atoms with van der Waals surface area (Å²) in [5.74, 6) is 0.700. The van der Waals surface area contributed by atoms with Crippen LogP contribution >= 0.6 is 0 Å². The smallest absolute Gasteiger partial charge is 0.123 e. The van der Waals surface area contributed by atoms with E-state index in [1.54, 1.807) is 24.5 Å². The van der Waals surface area contributed by atoms with E-state index in [9.17, 15) is 4.39 Å². The molecule has 0 aliphatic carbocycles. The molecule has 30 heavy (non-hydrogen) atoms. The molecule has 158 valence electrons. The van der Waals surface area contributed by atoms with Gasteiger partial charge < -0.3 is 15.0 Å². The van der Waals surface area contributed by atoms with E-state index >= 15 is 0 Å². The van der Waals surface area contributed by atoms with Crippen molar-refractivity contribution in [2.75, 3.05) is 26.3 Å². The summed E-state index contributed by atoms with van der Waals surface area (Å²) in [4.78, 5) is 12.8. The van der Waals surface area contributed by atoms with Crippen LogP contribution in [0.3, 0.4) is 0 Å². The summed E-state index contributed by atoms with van der Waals surface area (Å²) in [5.41, 5.74) is 3.52. The lowest BCUT2D eigenvalue weighted by Gasteiger charge is -2.35. The highest BCUT2D eigenvalue weighted by molar-refractivity contribution is 5.78. The zero-order chi connectivity index (χ0) is 20.8. The third kappa shape index (κ3) is 4.45. The molecule has 1 aromatic carbocycles. The molecule has 1 aliphatic rings. The molecule has 0 saturated carbocycles. The van der Waals surface area contributed by atoms with Crippen LogP contribution in [0.2, 0.25) is 0 Å². The van der Waals surface area contributed by atoms with Gasteiger partial charge in [-0.1, -0.05) is 13.3 Å². The molecule has 2 aromatic heterocycles. The standard InChI is InChI=1S/C24H29FN4O/c1-2-3-16-30-17-24(10-14-27-15-11-24)23-28-21(18-4-6-20(25)7-5-18)22(29-23)19-8-12-26-13-9-19/h4-9,12-13,27H,2-3,10-11,14-17H2,1H3,(H,28,29). The Morgan fingerprint density at radius 2 is 1.77 bits per heavy atom. The molecule has 1 saturated heterocycles. The normalized spacial score (nSPS) is 15.9. The number of halogens is 1. The molecule has 6 heteroatoms. The van der Waals surface area contributed by atoms with E-state index in [0.29, 0.717) is 6.61 Å². The number of rotatable bonds is 8. The van der Waals surface area contributed by atoms with Gasteiger partial charge in [0.2, 0.25) is 0 Å². The number of H-pyrrole nitrogens is 1. The average Bonchev–Trinajstić information content (AvgIpc) is 3.25. The maximum absolute atomic E-state index is 13.5. The average molecular weight is 409 g/mol. The minimum atomic E-state index is -0.251. The molecule has 3 heterocycles. The summed E-state index contributed by atoms with van der Waals surface area (Å²) in [6.45, 7) is 5.48. The Balaban J connectivity index is 1.75. The van der Waals surface area contributed by atoms with E-state index < -0.39 is 0 Å². The number of imidazole rings is 1. The first-order valence-electron chi connectivity index (χ1n) is 10.8. The fraction of sp³-hybridized carbons (Fsp3) is 0.417. The van der Waals surface area contributed by atoms with Gasteiger partial charge in [-0.15, -0.1) is 0 Å². The lowest BCUT2D eigenvalue weighted by Crippen LogP contribution is -2.44. The maximum Gasteiger partial charge on any atom is 0.123 e. The van der Waals surface area contributed by atoms with Crippen molar-refractivity contribution in [1.29, 1.82) is 0 Å². The van der Waals surface area contributed by atoms with Crippen molar-refractivity contribution < 1.29 is 9.13 Å². The topological polar surface area (TPSA) is 62.8 Å². The highest BCUT2D eigenvalue weighted by Crippen LogP contribution is 2.37. The van der Waals surface area contributed by atoms with Crippen molar-refractivity contribution in [3.8, 4) is 22.5 Å². The summed E-state index contributed by atoms with van der Waals surface area (Å²) in [6.07, 6.45) is 7.67. The van der Waals surface area contributed by atoms with E-state index in [1.807, 2.05) is 12.1 Å². The number of aromatic nitrogens is 3. The van der Waals surface area contributed by atoms with Crippen LogP contribution in [0, 0.1) is 5.82 Å². The van der Waals surface area contributed by atoms with Gasteiger partial charge in [-0.25, -0.2) is 9.37 Å². The molecule has 5 nitrogen and oxygen atoms in total. The van der Waals surface area contributed by atoms with Gasteiger partial charge in [0.15, 0.2) is 0 Å². The molecule has 2 N–H and O–H groups in total. The summed E-state index contributed by atoms with van der Waals surface area (Å²) >= 11 is 0. The molecule has 0 spiro atoms. The Morgan fingerprint density at radius 1 is 1.03 bits per heavy atom. The molecule has 0 bridgehead atoms. The fourth-order valence-electron chi connectivity index (χ4n) is 4.04. The van der Waals surface area contributed by atoms with E-state index in [1.165, 1.54) is 12.1 Å². The van der Waals surface area contributed by atoms with E-state index in [-0.39, 0.29) is 11.2 Å². The van der Waals surface area contributed by atoms with E-state index in [0.717, 1.165) is 73.7 Å². The van der Waals surface area contributed by atoms with Crippen LogP contribution in [0.1, 0.15) is 38.4 Å². The summed E-state index contributed by atoms with van der Waals surface area (Å²) in [6, 6.07) is 10.5. The van der Waals surface area contributed by atoms with Crippen molar-refractivity contribution in [3.05, 3.63) is 60.4 Å². The minimum Gasteiger partial charge on any atom is -0.380 e. The van der Waals surface area contributed by atoms with Gasteiger partial charge in [-0.3, -0.25) is 4.98 Å². The second-order valence-electron chi connectivity index (χ2n) is 7.99. The zero-order valence-electron chi connectivity index (χ0n) is 17.5. The van der Waals surface area contributed by atoms with Gasteiger partial charge in [0.05, 0.1) is 23.4 Å². The second-order valence-corrected chi connectivity index (χ2v) is 7.99. The number of hydrogen-bond acceptors (Lipinski definition) is 4. The predicted molar refractivity (Wildman–Crippen MR) is 117 cm³/mol. The molecule has 1 fully saturated rings. The lowest BCUT2D eigenvalue weighted by molar-refractivity contribution is 0.0620. The summed E-state index contributed by atoms with van der Waals surface area (Å²) in [7, 11) is 0. The van der Waals surface area contributed by atoms with Crippen LogP contribution < -0.4 is 5.32 Å². The molecular formula is C24H29FN4O. The van der Waals surface area contributed by atoms with Crippen molar-refractivity contribution in [2.24, 2.45) is 0 Å². The van der Waals surface area contributed by atoms with Crippen molar-refractivity contribution >= 4 is 0 Å². The zero-order valence-corrected chi connectivity index (χ0v) is 17.5. The highest BCUT2D eigenvalue weighted by atomic mass is 19.1. The molecular weight excluding hydrogens is 379 g/mol. The first-order chi connectivity index (χ1) is 14.7. The van der Waals surface area contributed by atoms with Gasteiger partial charge in [0, 0.05) is 30.1 Å². The third-order valence-corrected chi connectivity index (χ3v) is 5.87. The summed E-state index contributed by atoms with van der Waals surface area (Å²) < 4.78 is 19.6. The number of ether oxygens (including phenoxy) is 1. The van der Waals surface area contributed by atoms with Crippen LogP contribution in [0.25, 0.3) is 22.5 Å². The number of piperidine rings is 1. The van der Waals surface area contributed by atoms with Gasteiger partial charge in [0.1, 0.15) is 11.6 Å². The Hall–Kier alpha value is -2.57. The number of benzene rings is 1. The predicted octanol–water partition coefficient (Wildman–Crippen LogP) is 4.72. The first-order valence-corrected chi connectivity index (χ1v) is 10.8. The number of nitrogens with zero attached hydrogens (tertiary/aromatic N) is 2. The second kappa shape index (κ2) is 9.49. The molecule has 0 unspecified atom stereocenters. The molecule has 4 rings (SSSR count). The molecule has 0 amide bonds. The molecule has 0 atom stereocenters. The monoisotopic (exact) mass is 408 g/mol. The minimum absolute atomic E-state index is 0.154. The van der Waals surface area contributed by atoms with Gasteiger partial charge in [0.25, 0.3) is 0 Å². The molecule has 0 radical (unpaired) electrons. The lowest BCUT2D eigenvalue weighted by atomic mass is 9.79. The number of hydrogen-bond donors (Lipinski definition) is 2. The Labute approximate surface area is 177 Å². The van der Waals surface area contributed by atoms with Gasteiger partial charge >= 0.3 is 0 Å². The highest BCUT2D eigenvalue weighted by Gasteiger charge is 2.38. The Bertz CT molecular complexity index is 934. The van der Waals surface area contributed by atoms with Crippen molar-refractivity contribution in [2.45, 2.75) is 38.0 Å². The Kier molecular flexibility index (Phi) is 6.55. The largest absolute Gasteiger partial charge is 0.380 e. The number of nitrogens with one attached hydrogen (secondary N) is 2. The van der Waals surface area contributed by atoms with Crippen LogP contribution in [-0.2, 0) is 10.2 Å². The molecule has 1 aliphatic heterocycles. The first kappa shape index (κ1) is 20.7. The van der Waals surface area contributed by atoms with Gasteiger partial charge in [-0.05, 0) is 68.8 Å². The van der Waals surface area contributed by atoms with Crippen LogP contribution in [0.5, 0.6) is 0 Å². The van der Waals surface area contributed by atoms with Crippen molar-refractivity contribution in [3.63, 3.8) is 0 Å². The fourth-order valence-corrected chi connectivity index (χ4v) is 4.04. The quantitative estimate of drug-likeness (QED) is 0.530. The van der Waals surface area contributed by atoms with Crippen LogP contribution in [0.4, 0.5) is 4.39 Å². The van der Waals surface area contributed by atoms with Crippen LogP contribution in [-0.4, -0.2) is 41.3 Å². The molecule has 3 aromatic rings. The van der Waals surface area contributed by atoms with Gasteiger partial charge in [-0.2, -0.15) is 0 Å². The summed E-state index contributed by atoms with van der Waals surface area (Å²) in [5, 5.41) is 3.45. The van der Waals surface area contributed by atoms with Crippen LogP contribution in [0.15, 0.2) is 48.8 Å². The third-order valence-electron chi connectivity index (χ3n) is 5.87. The SMILES string of the molecule is CCCCOCC1(c2nc(-c3ccc(F)cc3)c(-c3ccncc3)[nH]2)CCNCC1. The maximum atomic E-state index is 13.5. The van der Waals surface area contributed by atoms with Crippen molar-refractivity contribution in [1.82, 2.24) is 20.3 Å². The Morgan fingerprint density at radius 3 is 2.47 bits per heavy atom. The van der Waals surface area contributed by atoms with E-state index in [4.69, 9.17) is 9.72 Å². The van der Waals surface area contributed by atoms with E-state index in [2.05, 4.69) is 22.2 Å². The number of unbranched alkanes of at least 4 members (excludes halogenated alkanes) is 1. The number of pyridine rings is 1.